The van der Waals surface area contributed by atoms with E-state index in [1.807, 2.05) is 12.1 Å². The van der Waals surface area contributed by atoms with Crippen LogP contribution >= 0.6 is 0 Å². The number of fused-ring (bicyclic) bond motifs is 3. The molecule has 4 rings (SSSR count). The smallest absolute Gasteiger partial charge is 0.228 e. The summed E-state index contributed by atoms with van der Waals surface area (Å²) in [6, 6.07) is 3.58. The minimum atomic E-state index is -3.57. The Morgan fingerprint density at radius 1 is 1.33 bits per heavy atom. The summed E-state index contributed by atoms with van der Waals surface area (Å²) in [7, 11) is -3.57. The van der Waals surface area contributed by atoms with Gasteiger partial charge in [-0.1, -0.05) is 6.08 Å². The van der Waals surface area contributed by atoms with Crippen LogP contribution in [0.5, 0.6) is 0 Å². The van der Waals surface area contributed by atoms with Gasteiger partial charge in [-0.15, -0.1) is 0 Å². The number of hydrogen-bond donors (Lipinski definition) is 1. The first-order valence-corrected chi connectivity index (χ1v) is 8.82. The van der Waals surface area contributed by atoms with E-state index in [0.29, 0.717) is 5.65 Å². The van der Waals surface area contributed by atoms with Crippen molar-refractivity contribution in [1.29, 1.82) is 5.26 Å². The highest BCUT2D eigenvalue weighted by molar-refractivity contribution is 7.89. The van der Waals surface area contributed by atoms with Crippen LogP contribution < -0.4 is 0 Å². The predicted octanol–water partition coefficient (Wildman–Crippen LogP) is 1.06. The van der Waals surface area contributed by atoms with Gasteiger partial charge in [-0.3, -0.25) is 5.10 Å². The lowest BCUT2D eigenvalue weighted by Gasteiger charge is -2.14. The number of hydrogen-bond acceptors (Lipinski definition) is 6. The fourth-order valence-corrected chi connectivity index (χ4v) is 3.90. The van der Waals surface area contributed by atoms with Crippen LogP contribution in [-0.2, 0) is 10.0 Å². The Morgan fingerprint density at radius 2 is 2.21 bits per heavy atom. The molecular formula is C15H12N6O2S. The lowest BCUT2D eigenvalue weighted by Crippen LogP contribution is -2.30. The number of H-pyrrole nitrogens is 1. The molecule has 0 unspecified atom stereocenters. The summed E-state index contributed by atoms with van der Waals surface area (Å²) >= 11 is 0. The number of aromatic amines is 1. The molecule has 3 aromatic rings. The monoisotopic (exact) mass is 340 g/mol. The molecule has 9 heteroatoms. The highest BCUT2D eigenvalue weighted by atomic mass is 32.2. The van der Waals surface area contributed by atoms with Crippen molar-refractivity contribution >= 4 is 37.5 Å². The minimum absolute atomic E-state index is 0.225. The summed E-state index contributed by atoms with van der Waals surface area (Å²) in [5, 5.41) is 17.5. The molecule has 24 heavy (non-hydrogen) atoms. The SMILES string of the molecule is N#CCS(=O)(=O)N1CC=C(c2cn[nH]c3cnc4nccc4c23)C1. The summed E-state index contributed by atoms with van der Waals surface area (Å²) in [6.45, 7) is 0.482. The van der Waals surface area contributed by atoms with Crippen molar-refractivity contribution < 1.29 is 8.42 Å². The van der Waals surface area contributed by atoms with E-state index in [1.165, 1.54) is 4.31 Å². The topological polar surface area (TPSA) is 116 Å². The van der Waals surface area contributed by atoms with E-state index in [4.69, 9.17) is 5.26 Å². The Bertz CT molecular complexity index is 1130. The third kappa shape index (κ3) is 2.24. The van der Waals surface area contributed by atoms with Crippen LogP contribution in [0.2, 0.25) is 0 Å². The summed E-state index contributed by atoms with van der Waals surface area (Å²) in [6.07, 6.45) is 6.89. The molecule has 0 aliphatic carbocycles. The van der Waals surface area contributed by atoms with Gasteiger partial charge in [0.25, 0.3) is 0 Å². The van der Waals surface area contributed by atoms with E-state index >= 15 is 0 Å². The number of nitrogens with one attached hydrogen (secondary N) is 1. The summed E-state index contributed by atoms with van der Waals surface area (Å²) in [5.41, 5.74) is 3.10. The van der Waals surface area contributed by atoms with E-state index in [2.05, 4.69) is 20.2 Å². The van der Waals surface area contributed by atoms with Gasteiger partial charge in [-0.25, -0.2) is 18.4 Å². The molecule has 0 bridgehead atoms. The molecule has 0 aromatic carbocycles. The molecule has 1 aliphatic rings. The van der Waals surface area contributed by atoms with Crippen LogP contribution in [0.1, 0.15) is 5.56 Å². The van der Waals surface area contributed by atoms with Gasteiger partial charge in [-0.05, 0) is 11.6 Å². The fraction of sp³-hybridized carbons (Fsp3) is 0.200. The molecule has 0 atom stereocenters. The zero-order valence-electron chi connectivity index (χ0n) is 12.5. The van der Waals surface area contributed by atoms with Crippen molar-refractivity contribution in [3.63, 3.8) is 0 Å². The zero-order chi connectivity index (χ0) is 16.7. The van der Waals surface area contributed by atoms with Crippen molar-refractivity contribution in [2.45, 2.75) is 0 Å². The van der Waals surface area contributed by atoms with Gasteiger partial charge in [0.1, 0.15) is 0 Å². The quantitative estimate of drug-likeness (QED) is 0.762. The molecule has 4 heterocycles. The summed E-state index contributed by atoms with van der Waals surface area (Å²) in [4.78, 5) is 8.48. The number of sulfonamides is 1. The van der Waals surface area contributed by atoms with Crippen LogP contribution in [0.3, 0.4) is 0 Å². The van der Waals surface area contributed by atoms with Gasteiger partial charge in [0.2, 0.25) is 10.0 Å². The second kappa shape index (κ2) is 5.36. The lowest BCUT2D eigenvalue weighted by molar-refractivity contribution is 0.493. The van der Waals surface area contributed by atoms with Crippen LogP contribution in [0.15, 0.2) is 30.7 Å². The number of nitrogens with zero attached hydrogens (tertiary/aromatic N) is 5. The second-order valence-electron chi connectivity index (χ2n) is 5.45. The van der Waals surface area contributed by atoms with Gasteiger partial charge in [0.15, 0.2) is 11.4 Å². The summed E-state index contributed by atoms with van der Waals surface area (Å²) in [5.74, 6) is -0.517. The Morgan fingerprint density at radius 3 is 3.04 bits per heavy atom. The van der Waals surface area contributed by atoms with Gasteiger partial charge >= 0.3 is 0 Å². The van der Waals surface area contributed by atoms with E-state index < -0.39 is 15.8 Å². The van der Waals surface area contributed by atoms with Crippen molar-refractivity contribution in [3.8, 4) is 6.07 Å². The molecule has 0 saturated heterocycles. The fourth-order valence-electron chi connectivity index (χ4n) is 2.92. The summed E-state index contributed by atoms with van der Waals surface area (Å²) < 4.78 is 25.4. The largest absolute Gasteiger partial charge is 0.276 e. The number of aromatic nitrogens is 4. The normalized spacial score (nSPS) is 15.7. The Labute approximate surface area is 137 Å². The van der Waals surface area contributed by atoms with Gasteiger partial charge in [0, 0.05) is 35.6 Å². The number of rotatable bonds is 3. The third-order valence-corrected chi connectivity index (χ3v) is 5.61. The maximum atomic E-state index is 12.1. The molecule has 0 spiro atoms. The first-order valence-electron chi connectivity index (χ1n) is 7.21. The first kappa shape index (κ1) is 14.7. The lowest BCUT2D eigenvalue weighted by atomic mass is 10.0. The molecular weight excluding hydrogens is 328 g/mol. The van der Waals surface area contributed by atoms with E-state index in [0.717, 1.165) is 27.4 Å². The van der Waals surface area contributed by atoms with Crippen LogP contribution in [0.4, 0.5) is 0 Å². The average Bonchev–Trinajstić information content (AvgIpc) is 3.23. The third-order valence-electron chi connectivity index (χ3n) is 4.06. The number of pyridine rings is 1. The molecule has 120 valence electrons. The molecule has 1 N–H and O–H groups in total. The standard InChI is InChI=1S/C15H12N6O2S/c16-3-6-24(22,23)21-5-2-10(9-21)12-7-19-20-13-8-18-15-11(14(12)13)1-4-17-15/h1-2,4,7-8,20H,5-6,9H2. The Hall–Kier alpha value is -2.83. The Kier molecular flexibility index (Phi) is 3.30. The molecule has 8 nitrogen and oxygen atoms in total. The van der Waals surface area contributed by atoms with Crippen molar-refractivity contribution in [3.05, 3.63) is 36.3 Å². The maximum absolute atomic E-state index is 12.1. The first-order chi connectivity index (χ1) is 11.6. The predicted molar refractivity (Wildman–Crippen MR) is 88.1 cm³/mol. The average molecular weight is 340 g/mol. The van der Waals surface area contributed by atoms with Crippen LogP contribution in [0, 0.1) is 11.3 Å². The van der Waals surface area contributed by atoms with Crippen molar-refractivity contribution in [2.24, 2.45) is 0 Å². The van der Waals surface area contributed by atoms with Gasteiger partial charge < -0.3 is 0 Å². The van der Waals surface area contributed by atoms with Crippen molar-refractivity contribution in [2.75, 3.05) is 18.8 Å². The zero-order valence-corrected chi connectivity index (χ0v) is 13.3. The molecule has 0 radical (unpaired) electrons. The van der Waals surface area contributed by atoms with E-state index in [-0.39, 0.29) is 13.1 Å². The van der Waals surface area contributed by atoms with Crippen LogP contribution in [-0.4, -0.2) is 51.7 Å². The van der Waals surface area contributed by atoms with Crippen LogP contribution in [0.25, 0.3) is 27.5 Å². The highest BCUT2D eigenvalue weighted by Gasteiger charge is 2.27. The van der Waals surface area contributed by atoms with Gasteiger partial charge in [-0.2, -0.15) is 14.7 Å². The maximum Gasteiger partial charge on any atom is 0.228 e. The molecule has 0 saturated carbocycles. The minimum Gasteiger partial charge on any atom is -0.276 e. The Balaban J connectivity index is 1.81. The molecule has 0 amide bonds. The number of nitriles is 1. The highest BCUT2D eigenvalue weighted by Crippen LogP contribution is 2.31. The second-order valence-corrected chi connectivity index (χ2v) is 7.42. The molecule has 1 aliphatic heterocycles. The van der Waals surface area contributed by atoms with E-state index in [9.17, 15) is 8.42 Å². The van der Waals surface area contributed by atoms with E-state index in [1.54, 1.807) is 24.7 Å². The van der Waals surface area contributed by atoms with Gasteiger partial charge in [0.05, 0.1) is 24.0 Å². The van der Waals surface area contributed by atoms with Crippen molar-refractivity contribution in [1.82, 2.24) is 24.5 Å². The molecule has 3 aromatic heterocycles. The molecule has 0 fully saturated rings.